The molecular formula is C30H38FN5O3. The maximum Gasteiger partial charge on any atom is 0.250 e. The van der Waals surface area contributed by atoms with Crippen molar-refractivity contribution in [2.24, 2.45) is 11.7 Å². The van der Waals surface area contributed by atoms with E-state index in [1.807, 2.05) is 12.1 Å². The van der Waals surface area contributed by atoms with E-state index in [9.17, 15) is 9.18 Å². The number of benzene rings is 1. The molecule has 6 rings (SSSR count). The molecule has 4 heterocycles. The molecule has 1 amide bonds. The van der Waals surface area contributed by atoms with Crippen molar-refractivity contribution in [1.82, 2.24) is 15.0 Å². The van der Waals surface area contributed by atoms with Gasteiger partial charge < -0.3 is 24.8 Å². The van der Waals surface area contributed by atoms with E-state index in [1.165, 1.54) is 18.6 Å². The first kappa shape index (κ1) is 26.2. The van der Waals surface area contributed by atoms with Crippen LogP contribution >= 0.6 is 0 Å². The summed E-state index contributed by atoms with van der Waals surface area (Å²) in [5.41, 5.74) is 8.71. The molecule has 0 unspecified atom stereocenters. The Morgan fingerprint density at radius 1 is 0.949 bits per heavy atom. The molecule has 2 aliphatic heterocycles. The number of morpholine rings is 1. The van der Waals surface area contributed by atoms with Crippen LogP contribution in [-0.2, 0) is 4.74 Å². The molecule has 2 N–H and O–H groups in total. The SMILES string of the molecule is NC(=O)c1ccc(N2CCOCC2)nc1C1CCC(CCN2CCC(c3noc4cc(F)ccc34)CC2)CC1. The van der Waals surface area contributed by atoms with Crippen LogP contribution in [0, 0.1) is 11.7 Å². The van der Waals surface area contributed by atoms with Crippen molar-refractivity contribution >= 4 is 22.7 Å². The number of hydrogen-bond donors (Lipinski definition) is 1. The van der Waals surface area contributed by atoms with Crippen LogP contribution in [0.1, 0.15) is 78.5 Å². The van der Waals surface area contributed by atoms with Crippen molar-refractivity contribution in [3.8, 4) is 0 Å². The van der Waals surface area contributed by atoms with E-state index in [2.05, 4.69) is 15.0 Å². The molecule has 208 valence electrons. The van der Waals surface area contributed by atoms with Gasteiger partial charge in [0.1, 0.15) is 11.6 Å². The van der Waals surface area contributed by atoms with Crippen LogP contribution in [0.3, 0.4) is 0 Å². The zero-order valence-corrected chi connectivity index (χ0v) is 22.5. The van der Waals surface area contributed by atoms with Gasteiger partial charge in [-0.15, -0.1) is 0 Å². The monoisotopic (exact) mass is 535 g/mol. The summed E-state index contributed by atoms with van der Waals surface area (Å²) in [6, 6.07) is 8.49. The Balaban J connectivity index is 0.999. The number of ether oxygens (including phenoxy) is 1. The van der Waals surface area contributed by atoms with Crippen LogP contribution in [0.2, 0.25) is 0 Å². The van der Waals surface area contributed by atoms with E-state index in [4.69, 9.17) is 20.0 Å². The molecule has 3 aromatic rings. The number of hydrogen-bond acceptors (Lipinski definition) is 7. The minimum absolute atomic E-state index is 0.284. The summed E-state index contributed by atoms with van der Waals surface area (Å²) in [6.45, 7) is 6.27. The molecule has 3 fully saturated rings. The average molecular weight is 536 g/mol. The van der Waals surface area contributed by atoms with Gasteiger partial charge in [-0.2, -0.15) is 0 Å². The van der Waals surface area contributed by atoms with Crippen LogP contribution in [0.4, 0.5) is 10.2 Å². The topological polar surface area (TPSA) is 97.7 Å². The second kappa shape index (κ2) is 11.6. The highest BCUT2D eigenvalue weighted by Gasteiger charge is 2.29. The number of anilines is 1. The fourth-order valence-corrected chi connectivity index (χ4v) is 6.70. The van der Waals surface area contributed by atoms with Crippen molar-refractivity contribution < 1.29 is 18.4 Å². The first-order valence-corrected chi connectivity index (χ1v) is 14.5. The predicted octanol–water partition coefficient (Wildman–Crippen LogP) is 4.84. The Kier molecular flexibility index (Phi) is 7.79. The molecule has 0 atom stereocenters. The molecule has 8 nitrogen and oxygen atoms in total. The molecule has 9 heteroatoms. The van der Waals surface area contributed by atoms with Gasteiger partial charge in [0.05, 0.1) is 30.2 Å². The third kappa shape index (κ3) is 5.79. The summed E-state index contributed by atoms with van der Waals surface area (Å²) >= 11 is 0. The fraction of sp³-hybridized carbons (Fsp3) is 0.567. The molecule has 1 saturated carbocycles. The van der Waals surface area contributed by atoms with Gasteiger partial charge in [-0.1, -0.05) is 5.16 Å². The largest absolute Gasteiger partial charge is 0.378 e. The smallest absolute Gasteiger partial charge is 0.250 e. The van der Waals surface area contributed by atoms with Gasteiger partial charge in [0.2, 0.25) is 0 Å². The predicted molar refractivity (Wildman–Crippen MR) is 147 cm³/mol. The number of halogens is 1. The van der Waals surface area contributed by atoms with Crippen molar-refractivity contribution in [3.63, 3.8) is 0 Å². The molecule has 0 bridgehead atoms. The first-order valence-electron chi connectivity index (χ1n) is 14.5. The first-order chi connectivity index (χ1) is 19.0. The van der Waals surface area contributed by atoms with Crippen molar-refractivity contribution in [2.75, 3.05) is 50.8 Å². The molecule has 0 spiro atoms. The Morgan fingerprint density at radius 2 is 1.69 bits per heavy atom. The number of nitrogens with two attached hydrogens (primary N) is 1. The molecule has 2 aromatic heterocycles. The van der Waals surface area contributed by atoms with Crippen LogP contribution in [0.15, 0.2) is 34.9 Å². The summed E-state index contributed by atoms with van der Waals surface area (Å²) in [7, 11) is 0. The Bertz CT molecular complexity index is 1290. The summed E-state index contributed by atoms with van der Waals surface area (Å²) in [6.07, 6.45) is 7.71. The minimum Gasteiger partial charge on any atom is -0.378 e. The maximum absolute atomic E-state index is 13.5. The lowest BCUT2D eigenvalue weighted by Gasteiger charge is -2.34. The molecule has 2 saturated heterocycles. The molecular weight excluding hydrogens is 497 g/mol. The number of likely N-dealkylation sites (tertiary alicyclic amines) is 1. The lowest BCUT2D eigenvalue weighted by Crippen LogP contribution is -2.37. The van der Waals surface area contributed by atoms with Crippen molar-refractivity contribution in [2.45, 2.75) is 56.8 Å². The zero-order valence-electron chi connectivity index (χ0n) is 22.5. The number of piperidine rings is 1. The van der Waals surface area contributed by atoms with E-state index in [-0.39, 0.29) is 17.6 Å². The summed E-state index contributed by atoms with van der Waals surface area (Å²) in [5.74, 6) is 1.60. The van der Waals surface area contributed by atoms with E-state index >= 15 is 0 Å². The molecule has 1 aromatic carbocycles. The van der Waals surface area contributed by atoms with Crippen molar-refractivity contribution in [3.05, 3.63) is 53.1 Å². The lowest BCUT2D eigenvalue weighted by atomic mass is 9.78. The number of fused-ring (bicyclic) bond motifs is 1. The molecule has 39 heavy (non-hydrogen) atoms. The summed E-state index contributed by atoms with van der Waals surface area (Å²) in [4.78, 5) is 22.0. The van der Waals surface area contributed by atoms with E-state index < -0.39 is 0 Å². The second-order valence-corrected chi connectivity index (χ2v) is 11.4. The Labute approximate surface area is 228 Å². The second-order valence-electron chi connectivity index (χ2n) is 11.4. The van der Waals surface area contributed by atoms with Gasteiger partial charge in [-0.25, -0.2) is 9.37 Å². The van der Waals surface area contributed by atoms with Crippen molar-refractivity contribution in [1.29, 1.82) is 0 Å². The third-order valence-electron chi connectivity index (χ3n) is 9.03. The normalized spacial score (nSPS) is 23.4. The standard InChI is InChI=1S/C30H38FN5O3/c31-23-5-6-24-26(19-23)39-34-29(24)22-10-13-35(14-11-22)12-9-20-1-3-21(4-2-20)28-25(30(32)37)7-8-27(33-28)36-15-17-38-18-16-36/h5-8,19-22H,1-4,9-18H2,(H2,32,37). The number of rotatable bonds is 7. The fourth-order valence-electron chi connectivity index (χ4n) is 6.70. The number of nitrogens with zero attached hydrogens (tertiary/aromatic N) is 4. The minimum atomic E-state index is -0.387. The number of aromatic nitrogens is 2. The van der Waals surface area contributed by atoms with Gasteiger partial charge in [-0.3, -0.25) is 4.79 Å². The van der Waals surface area contributed by atoms with E-state index in [0.29, 0.717) is 36.2 Å². The molecule has 0 radical (unpaired) electrons. The van der Waals surface area contributed by atoms with Gasteiger partial charge in [0, 0.05) is 36.4 Å². The van der Waals surface area contributed by atoms with Gasteiger partial charge in [-0.05, 0) is 94.8 Å². The van der Waals surface area contributed by atoms with Crippen LogP contribution in [0.25, 0.3) is 11.0 Å². The highest BCUT2D eigenvalue weighted by molar-refractivity contribution is 5.94. The summed E-state index contributed by atoms with van der Waals surface area (Å²) < 4.78 is 24.4. The number of carbonyl (C=O) groups is 1. The highest BCUT2D eigenvalue weighted by atomic mass is 19.1. The Hall–Kier alpha value is -3.04. The van der Waals surface area contributed by atoms with E-state index in [0.717, 1.165) is 93.8 Å². The number of amides is 1. The van der Waals surface area contributed by atoms with Crippen LogP contribution in [0.5, 0.6) is 0 Å². The van der Waals surface area contributed by atoms with Crippen LogP contribution in [-0.4, -0.2) is 66.9 Å². The number of carbonyl (C=O) groups excluding carboxylic acids is 1. The highest BCUT2D eigenvalue weighted by Crippen LogP contribution is 2.39. The maximum atomic E-state index is 13.5. The quantitative estimate of drug-likeness (QED) is 0.462. The van der Waals surface area contributed by atoms with E-state index in [1.54, 1.807) is 6.07 Å². The van der Waals surface area contributed by atoms with Gasteiger partial charge in [0.25, 0.3) is 5.91 Å². The number of pyridine rings is 1. The van der Waals surface area contributed by atoms with Gasteiger partial charge >= 0.3 is 0 Å². The lowest BCUT2D eigenvalue weighted by molar-refractivity contribution is 0.0997. The zero-order chi connectivity index (χ0) is 26.8. The molecule has 3 aliphatic rings. The van der Waals surface area contributed by atoms with Gasteiger partial charge in [0.15, 0.2) is 5.58 Å². The average Bonchev–Trinajstić information content (AvgIpc) is 3.40. The summed E-state index contributed by atoms with van der Waals surface area (Å²) in [5, 5.41) is 5.22. The molecule has 1 aliphatic carbocycles. The third-order valence-corrected chi connectivity index (χ3v) is 9.03. The number of primary amides is 1. The Morgan fingerprint density at radius 3 is 2.44 bits per heavy atom. The van der Waals surface area contributed by atoms with Crippen LogP contribution < -0.4 is 10.6 Å².